The predicted octanol–water partition coefficient (Wildman–Crippen LogP) is 0.723. The number of anilines is 1. The van der Waals surface area contributed by atoms with Crippen molar-refractivity contribution in [2.75, 3.05) is 25.0 Å². The first-order chi connectivity index (χ1) is 10.4. The molecule has 1 fully saturated rings. The lowest BCUT2D eigenvalue weighted by Gasteiger charge is -2.12. The van der Waals surface area contributed by atoms with Crippen molar-refractivity contribution in [3.05, 3.63) is 18.0 Å². The van der Waals surface area contributed by atoms with Gasteiger partial charge in [0, 0.05) is 32.3 Å². The molecular formula is C12H15F4N5O. The van der Waals surface area contributed by atoms with Crippen LogP contribution < -0.4 is 16.0 Å². The number of hydrogen-bond donors (Lipinski definition) is 3. The Morgan fingerprint density at radius 2 is 2.18 bits per heavy atom. The Morgan fingerprint density at radius 3 is 2.82 bits per heavy atom. The summed E-state index contributed by atoms with van der Waals surface area (Å²) < 4.78 is 50.3. The van der Waals surface area contributed by atoms with Crippen LogP contribution in [0.1, 0.15) is 12.1 Å². The first-order valence-electron chi connectivity index (χ1n) is 6.65. The summed E-state index contributed by atoms with van der Waals surface area (Å²) in [7, 11) is 0. The van der Waals surface area contributed by atoms with Crippen LogP contribution in [0.3, 0.4) is 0 Å². The minimum Gasteiger partial charge on any atom is -0.353 e. The molecule has 3 N–H and O–H groups in total. The van der Waals surface area contributed by atoms with Gasteiger partial charge < -0.3 is 16.0 Å². The number of hydrogen-bond acceptors (Lipinski definition) is 5. The minimum absolute atomic E-state index is 0.121. The summed E-state index contributed by atoms with van der Waals surface area (Å²) >= 11 is 0. The number of nitrogens with one attached hydrogen (secondary N) is 3. The molecule has 0 saturated carbocycles. The standard InChI is InChI=1S/C12H15F4N5O/c13-7-5-8(20-6-7)10(22)17-3-4-19-11-18-2-1-9(21-11)12(14,15)16/h1-2,7-8,20H,3-6H2,(H,17,22)(H,18,19,21)/t7-,8+/m0/s1. The van der Waals surface area contributed by atoms with Gasteiger partial charge >= 0.3 is 6.18 Å². The Kier molecular flexibility index (Phi) is 5.11. The molecule has 2 rings (SSSR count). The number of carbonyl (C=O) groups excluding carboxylic acids is 1. The van der Waals surface area contributed by atoms with Crippen molar-refractivity contribution in [2.24, 2.45) is 0 Å². The number of carbonyl (C=O) groups is 1. The fourth-order valence-corrected chi connectivity index (χ4v) is 1.98. The maximum Gasteiger partial charge on any atom is 0.433 e. The molecule has 0 aliphatic carbocycles. The van der Waals surface area contributed by atoms with Crippen molar-refractivity contribution in [3.8, 4) is 0 Å². The Morgan fingerprint density at radius 1 is 1.41 bits per heavy atom. The van der Waals surface area contributed by atoms with E-state index in [-0.39, 0.29) is 37.9 Å². The minimum atomic E-state index is -4.54. The van der Waals surface area contributed by atoms with Gasteiger partial charge in [0.25, 0.3) is 0 Å². The van der Waals surface area contributed by atoms with Gasteiger partial charge in [-0.3, -0.25) is 4.79 Å². The van der Waals surface area contributed by atoms with E-state index in [2.05, 4.69) is 25.9 Å². The fraction of sp³-hybridized carbons (Fsp3) is 0.583. The molecule has 0 aromatic carbocycles. The van der Waals surface area contributed by atoms with E-state index >= 15 is 0 Å². The molecule has 22 heavy (non-hydrogen) atoms. The van der Waals surface area contributed by atoms with Gasteiger partial charge in [0.05, 0.1) is 6.04 Å². The molecule has 1 saturated heterocycles. The molecule has 1 aliphatic rings. The Hall–Kier alpha value is -1.97. The molecule has 2 atom stereocenters. The molecule has 1 amide bonds. The highest BCUT2D eigenvalue weighted by molar-refractivity contribution is 5.82. The average molecular weight is 321 g/mol. The van der Waals surface area contributed by atoms with Gasteiger partial charge in [0.15, 0.2) is 0 Å². The molecule has 1 aliphatic heterocycles. The van der Waals surface area contributed by atoms with E-state index < -0.39 is 24.1 Å². The third-order valence-electron chi connectivity index (χ3n) is 3.05. The largest absolute Gasteiger partial charge is 0.433 e. The fourth-order valence-electron chi connectivity index (χ4n) is 1.98. The first kappa shape index (κ1) is 16.4. The van der Waals surface area contributed by atoms with Crippen LogP contribution in [0, 0.1) is 0 Å². The van der Waals surface area contributed by atoms with Crippen LogP contribution in [0.2, 0.25) is 0 Å². The Balaban J connectivity index is 1.74. The van der Waals surface area contributed by atoms with Crippen molar-refractivity contribution in [1.29, 1.82) is 0 Å². The molecule has 0 bridgehead atoms. The van der Waals surface area contributed by atoms with Gasteiger partial charge in [-0.1, -0.05) is 0 Å². The van der Waals surface area contributed by atoms with E-state index in [1.54, 1.807) is 0 Å². The van der Waals surface area contributed by atoms with Crippen molar-refractivity contribution < 1.29 is 22.4 Å². The van der Waals surface area contributed by atoms with Crippen LogP contribution in [0.5, 0.6) is 0 Å². The summed E-state index contributed by atoms with van der Waals surface area (Å²) in [5, 5.41) is 7.86. The second-order valence-corrected chi connectivity index (χ2v) is 4.77. The second-order valence-electron chi connectivity index (χ2n) is 4.77. The summed E-state index contributed by atoms with van der Waals surface area (Å²) in [6.07, 6.45) is -4.45. The van der Waals surface area contributed by atoms with Crippen LogP contribution in [0.4, 0.5) is 23.5 Å². The maximum absolute atomic E-state index is 12.9. The van der Waals surface area contributed by atoms with Crippen LogP contribution in [-0.4, -0.2) is 47.7 Å². The molecule has 1 aromatic rings. The lowest BCUT2D eigenvalue weighted by molar-refractivity contribution is -0.141. The molecule has 122 valence electrons. The quantitative estimate of drug-likeness (QED) is 0.550. The molecule has 10 heteroatoms. The highest BCUT2D eigenvalue weighted by Crippen LogP contribution is 2.27. The summed E-state index contributed by atoms with van der Waals surface area (Å²) in [5.41, 5.74) is -1.04. The first-order valence-corrected chi connectivity index (χ1v) is 6.65. The molecule has 0 spiro atoms. The van der Waals surface area contributed by atoms with Crippen LogP contribution in [0.15, 0.2) is 12.3 Å². The van der Waals surface area contributed by atoms with Gasteiger partial charge in [0.1, 0.15) is 11.9 Å². The van der Waals surface area contributed by atoms with E-state index in [1.165, 1.54) is 0 Å². The molecule has 0 radical (unpaired) electrons. The van der Waals surface area contributed by atoms with Crippen LogP contribution in [-0.2, 0) is 11.0 Å². The van der Waals surface area contributed by atoms with E-state index in [9.17, 15) is 22.4 Å². The van der Waals surface area contributed by atoms with E-state index in [0.29, 0.717) is 0 Å². The molecule has 0 unspecified atom stereocenters. The van der Waals surface area contributed by atoms with E-state index in [0.717, 1.165) is 12.3 Å². The Bertz CT molecular complexity index is 524. The van der Waals surface area contributed by atoms with Gasteiger partial charge in [0.2, 0.25) is 11.9 Å². The number of halogens is 4. The zero-order chi connectivity index (χ0) is 16.2. The second kappa shape index (κ2) is 6.86. The summed E-state index contributed by atoms with van der Waals surface area (Å²) in [6, 6.07) is 0.200. The molecule has 2 heterocycles. The van der Waals surface area contributed by atoms with Crippen molar-refractivity contribution >= 4 is 11.9 Å². The molecule has 6 nitrogen and oxygen atoms in total. The molecule has 1 aromatic heterocycles. The van der Waals surface area contributed by atoms with Gasteiger partial charge in [-0.05, 0) is 6.07 Å². The smallest absolute Gasteiger partial charge is 0.353 e. The van der Waals surface area contributed by atoms with Gasteiger partial charge in [-0.15, -0.1) is 0 Å². The predicted molar refractivity (Wildman–Crippen MR) is 69.8 cm³/mol. The summed E-state index contributed by atoms with van der Waals surface area (Å²) in [6.45, 7) is 0.459. The number of rotatable bonds is 5. The SMILES string of the molecule is O=C(NCCNc1nccc(C(F)(F)F)n1)[C@H]1C[C@H](F)CN1. The summed E-state index contributed by atoms with van der Waals surface area (Å²) in [4.78, 5) is 18.6. The van der Waals surface area contributed by atoms with Gasteiger partial charge in [-0.2, -0.15) is 13.2 Å². The van der Waals surface area contributed by atoms with Crippen molar-refractivity contribution in [2.45, 2.75) is 24.8 Å². The lowest BCUT2D eigenvalue weighted by atomic mass is 10.2. The average Bonchev–Trinajstić information content (AvgIpc) is 2.89. The monoisotopic (exact) mass is 321 g/mol. The number of amides is 1. The third kappa shape index (κ3) is 4.52. The van der Waals surface area contributed by atoms with E-state index in [4.69, 9.17) is 0 Å². The van der Waals surface area contributed by atoms with E-state index in [1.807, 2.05) is 0 Å². The highest BCUT2D eigenvalue weighted by Gasteiger charge is 2.32. The third-order valence-corrected chi connectivity index (χ3v) is 3.05. The normalized spacial score (nSPS) is 21.6. The zero-order valence-electron chi connectivity index (χ0n) is 11.5. The van der Waals surface area contributed by atoms with Crippen molar-refractivity contribution in [1.82, 2.24) is 20.6 Å². The lowest BCUT2D eigenvalue weighted by Crippen LogP contribution is -2.42. The van der Waals surface area contributed by atoms with Crippen LogP contribution in [0.25, 0.3) is 0 Å². The number of aromatic nitrogens is 2. The Labute approximate surface area is 123 Å². The topological polar surface area (TPSA) is 78.9 Å². The molecular weight excluding hydrogens is 306 g/mol. The number of nitrogens with zero attached hydrogens (tertiary/aromatic N) is 2. The van der Waals surface area contributed by atoms with Crippen LogP contribution >= 0.6 is 0 Å². The van der Waals surface area contributed by atoms with Crippen molar-refractivity contribution in [3.63, 3.8) is 0 Å². The maximum atomic E-state index is 12.9. The highest BCUT2D eigenvalue weighted by atomic mass is 19.4. The summed E-state index contributed by atoms with van der Waals surface area (Å²) in [5.74, 6) is -0.515. The number of alkyl halides is 4. The zero-order valence-corrected chi connectivity index (χ0v) is 11.5. The van der Waals surface area contributed by atoms with Gasteiger partial charge in [-0.25, -0.2) is 14.4 Å².